The van der Waals surface area contributed by atoms with Crippen LogP contribution in [-0.4, -0.2) is 27.6 Å². The van der Waals surface area contributed by atoms with Gasteiger partial charge in [-0.25, -0.2) is 9.78 Å². The van der Waals surface area contributed by atoms with Gasteiger partial charge in [0.25, 0.3) is 0 Å². The van der Waals surface area contributed by atoms with Gasteiger partial charge in [0.1, 0.15) is 11.9 Å². The van der Waals surface area contributed by atoms with Crippen molar-refractivity contribution in [2.24, 2.45) is 0 Å². The molecule has 1 heterocycles. The number of anilines is 1. The highest BCUT2D eigenvalue weighted by Crippen LogP contribution is 2.24. The molecule has 0 radical (unpaired) electrons. The third kappa shape index (κ3) is 5.25. The Morgan fingerprint density at radius 1 is 1.19 bits per heavy atom. The number of hydrogen-bond donors (Lipinski definition) is 1. The van der Waals surface area contributed by atoms with Crippen molar-refractivity contribution in [3.63, 3.8) is 0 Å². The van der Waals surface area contributed by atoms with Gasteiger partial charge < -0.3 is 15.6 Å². The van der Waals surface area contributed by atoms with Crippen LogP contribution in [0.2, 0.25) is 0 Å². The summed E-state index contributed by atoms with van der Waals surface area (Å²) < 4.78 is 6.52. The average molecular weight is 429 g/mol. The van der Waals surface area contributed by atoms with Gasteiger partial charge in [-0.2, -0.15) is 4.79 Å². The normalized spacial score (nSPS) is 15.4. The van der Waals surface area contributed by atoms with Gasteiger partial charge in [0.15, 0.2) is 6.04 Å². The van der Waals surface area contributed by atoms with Crippen LogP contribution in [-0.2, 0) is 9.53 Å². The molecule has 7 heteroatoms. The molecule has 1 aromatic carbocycles. The summed E-state index contributed by atoms with van der Waals surface area (Å²) in [7, 11) is 0. The topological polar surface area (TPSA) is 87.6 Å². The molecule has 2 aromatic rings. The number of halogens is 1. The molecule has 1 aliphatic rings. The number of nitrogens with zero attached hydrogens (tertiary/aromatic N) is 3. The predicted octanol–water partition coefficient (Wildman–Crippen LogP) is 4.54. The summed E-state index contributed by atoms with van der Waals surface area (Å²) in [5.74, 6) is -0.0437. The van der Waals surface area contributed by atoms with Crippen molar-refractivity contribution in [1.29, 1.82) is 0 Å². The molecule has 0 saturated heterocycles. The highest BCUT2D eigenvalue weighted by atomic mass is 79.9. The first-order chi connectivity index (χ1) is 13.2. The summed E-state index contributed by atoms with van der Waals surface area (Å²) in [5, 5.41) is 3.17. The van der Waals surface area contributed by atoms with Gasteiger partial charge in [-0.3, -0.25) is 0 Å². The summed E-state index contributed by atoms with van der Waals surface area (Å²) >= 11 is 3.41. The van der Waals surface area contributed by atoms with Crippen LogP contribution in [0.25, 0.3) is 5.53 Å². The number of carbonyl (C=O) groups excluding carboxylic acids is 1. The molecule has 0 spiro atoms. The molecule has 1 fully saturated rings. The first kappa shape index (κ1) is 19.3. The summed E-state index contributed by atoms with van der Waals surface area (Å²) in [6.07, 6.45) is 6.48. The number of pyridine rings is 1. The number of rotatable bonds is 6. The first-order valence-electron chi connectivity index (χ1n) is 9.03. The third-order valence-corrected chi connectivity index (χ3v) is 5.11. The van der Waals surface area contributed by atoms with Gasteiger partial charge in [-0.1, -0.05) is 40.5 Å². The van der Waals surface area contributed by atoms with Gasteiger partial charge in [0, 0.05) is 10.7 Å². The van der Waals surface area contributed by atoms with E-state index in [1.54, 1.807) is 18.3 Å². The van der Waals surface area contributed by atoms with E-state index in [4.69, 9.17) is 4.74 Å². The molecule has 1 aromatic heterocycles. The van der Waals surface area contributed by atoms with Crippen LogP contribution in [0.3, 0.4) is 0 Å². The van der Waals surface area contributed by atoms with Crippen molar-refractivity contribution in [3.8, 4) is 0 Å². The lowest BCUT2D eigenvalue weighted by Crippen LogP contribution is -2.34. The van der Waals surface area contributed by atoms with E-state index in [2.05, 4.69) is 31.0 Å². The third-order valence-electron chi connectivity index (χ3n) is 4.58. The molecule has 0 aliphatic heterocycles. The standard InChI is InChI=1S/C20H21BrN4O2/c21-15-11-9-14(10-12-15)18(24-17-8-4-5-13-23-17)19(25-22)20(26)27-16-6-2-1-3-7-16/h4-5,8-13,16,18H,1-3,6-7H2,(H,23,24). The van der Waals surface area contributed by atoms with Gasteiger partial charge in [-0.05, 0) is 55.5 Å². The maximum atomic E-state index is 12.7. The van der Waals surface area contributed by atoms with E-state index in [1.165, 1.54) is 0 Å². The molecule has 140 valence electrons. The van der Waals surface area contributed by atoms with Gasteiger partial charge in [-0.15, -0.1) is 0 Å². The van der Waals surface area contributed by atoms with Crippen molar-refractivity contribution in [3.05, 3.63) is 64.2 Å². The van der Waals surface area contributed by atoms with Gasteiger partial charge >= 0.3 is 11.7 Å². The lowest BCUT2D eigenvalue weighted by atomic mass is 9.97. The van der Waals surface area contributed by atoms with E-state index in [1.807, 2.05) is 30.3 Å². The Balaban J connectivity index is 1.85. The number of hydrogen-bond acceptors (Lipinski definition) is 4. The van der Waals surface area contributed by atoms with Crippen molar-refractivity contribution >= 4 is 33.4 Å². The number of nitrogens with one attached hydrogen (secondary N) is 1. The summed E-state index contributed by atoms with van der Waals surface area (Å²) in [5.41, 5.74) is 10.3. The van der Waals surface area contributed by atoms with Crippen LogP contribution < -0.4 is 5.32 Å². The molecule has 0 amide bonds. The molecule has 27 heavy (non-hydrogen) atoms. The summed E-state index contributed by atoms with van der Waals surface area (Å²) in [4.78, 5) is 20.3. The highest BCUT2D eigenvalue weighted by Gasteiger charge is 2.36. The second-order valence-corrected chi connectivity index (χ2v) is 7.41. The Morgan fingerprint density at radius 3 is 2.56 bits per heavy atom. The van der Waals surface area contributed by atoms with E-state index >= 15 is 0 Å². The van der Waals surface area contributed by atoms with Crippen molar-refractivity contribution in [2.75, 3.05) is 5.32 Å². The maximum Gasteiger partial charge on any atom is 0.419 e. The number of esters is 1. The minimum Gasteiger partial charge on any atom is -0.454 e. The van der Waals surface area contributed by atoms with Crippen LogP contribution in [0.1, 0.15) is 43.7 Å². The zero-order valence-corrected chi connectivity index (χ0v) is 16.4. The molecule has 1 aliphatic carbocycles. The largest absolute Gasteiger partial charge is 0.454 e. The monoisotopic (exact) mass is 428 g/mol. The zero-order chi connectivity index (χ0) is 19.1. The van der Waals surface area contributed by atoms with Crippen LogP contribution >= 0.6 is 15.9 Å². The quantitative estimate of drug-likeness (QED) is 0.316. The van der Waals surface area contributed by atoms with E-state index in [-0.39, 0.29) is 11.8 Å². The Hall–Kier alpha value is -2.50. The lowest BCUT2D eigenvalue weighted by Gasteiger charge is -2.22. The number of carbonyl (C=O) groups is 1. The van der Waals surface area contributed by atoms with Crippen LogP contribution in [0.4, 0.5) is 5.82 Å². The maximum absolute atomic E-state index is 12.7. The second-order valence-electron chi connectivity index (χ2n) is 6.49. The van der Waals surface area contributed by atoms with E-state index in [0.717, 1.165) is 42.1 Å². The van der Waals surface area contributed by atoms with Crippen LogP contribution in [0.15, 0.2) is 53.1 Å². The Labute approximate surface area is 166 Å². The molecular weight excluding hydrogens is 408 g/mol. The lowest BCUT2D eigenvalue weighted by molar-refractivity contribution is -0.147. The fourth-order valence-electron chi connectivity index (χ4n) is 3.17. The molecule has 1 saturated carbocycles. The van der Waals surface area contributed by atoms with Gasteiger partial charge in [0.2, 0.25) is 0 Å². The molecule has 6 nitrogen and oxygen atoms in total. The SMILES string of the molecule is [N-]=[N+]=C(C(=O)OC1CCCCC1)C(Nc1ccccn1)c1ccc(Br)cc1. The summed E-state index contributed by atoms with van der Waals surface area (Å²) in [6, 6.07) is 12.2. The Morgan fingerprint density at radius 2 is 1.93 bits per heavy atom. The molecule has 1 unspecified atom stereocenters. The number of aromatic nitrogens is 1. The smallest absolute Gasteiger partial charge is 0.419 e. The van der Waals surface area contributed by atoms with Crippen molar-refractivity contribution in [1.82, 2.24) is 4.98 Å². The van der Waals surface area contributed by atoms with Crippen molar-refractivity contribution in [2.45, 2.75) is 44.2 Å². The van der Waals surface area contributed by atoms with Crippen LogP contribution in [0, 0.1) is 0 Å². The fourth-order valence-corrected chi connectivity index (χ4v) is 3.44. The van der Waals surface area contributed by atoms with E-state index < -0.39 is 12.0 Å². The Kier molecular flexibility index (Phi) is 6.74. The van der Waals surface area contributed by atoms with E-state index in [0.29, 0.717) is 5.82 Å². The summed E-state index contributed by atoms with van der Waals surface area (Å²) in [6.45, 7) is 0. The minimum atomic E-state index is -0.686. The fraction of sp³-hybridized carbons (Fsp3) is 0.350. The van der Waals surface area contributed by atoms with Crippen LogP contribution in [0.5, 0.6) is 0 Å². The second kappa shape index (κ2) is 9.44. The first-order valence-corrected chi connectivity index (χ1v) is 9.82. The average Bonchev–Trinajstić information content (AvgIpc) is 2.70. The van der Waals surface area contributed by atoms with E-state index in [9.17, 15) is 10.3 Å². The molecule has 1 atom stereocenters. The molecule has 0 bridgehead atoms. The molecule has 1 N–H and O–H groups in total. The van der Waals surface area contributed by atoms with Crippen molar-refractivity contribution < 1.29 is 14.3 Å². The number of ether oxygens (including phenoxy) is 1. The highest BCUT2D eigenvalue weighted by molar-refractivity contribution is 9.10. The zero-order valence-electron chi connectivity index (χ0n) is 14.8. The Bertz CT molecular complexity index is 814. The molecule has 3 rings (SSSR count). The minimum absolute atomic E-state index is 0.0893. The van der Waals surface area contributed by atoms with Gasteiger partial charge in [0.05, 0.1) is 0 Å². The number of benzene rings is 1. The molecular formula is C20H21BrN4O2. The predicted molar refractivity (Wildman–Crippen MR) is 106 cm³/mol.